The van der Waals surface area contributed by atoms with E-state index in [1.165, 1.54) is 11.8 Å². The predicted molar refractivity (Wildman–Crippen MR) is 83.3 cm³/mol. The van der Waals surface area contributed by atoms with Gasteiger partial charge in [-0.1, -0.05) is 17.8 Å². The summed E-state index contributed by atoms with van der Waals surface area (Å²) in [6.07, 6.45) is 5.38. The fourth-order valence-electron chi connectivity index (χ4n) is 2.07. The van der Waals surface area contributed by atoms with E-state index in [2.05, 4.69) is 16.9 Å². The lowest BCUT2D eigenvalue weighted by atomic mass is 10.2. The number of amides is 2. The van der Waals surface area contributed by atoms with Gasteiger partial charge in [-0.3, -0.25) is 9.59 Å². The maximum absolute atomic E-state index is 12.1. The van der Waals surface area contributed by atoms with Crippen LogP contribution in [0.1, 0.15) is 23.2 Å². The first-order chi connectivity index (χ1) is 10.2. The molecule has 1 aliphatic rings. The van der Waals surface area contributed by atoms with E-state index < -0.39 is 0 Å². The van der Waals surface area contributed by atoms with E-state index in [9.17, 15) is 9.59 Å². The summed E-state index contributed by atoms with van der Waals surface area (Å²) in [5, 5.41) is 3.44. The van der Waals surface area contributed by atoms with Crippen LogP contribution in [0.3, 0.4) is 0 Å². The number of thioether (sulfide) groups is 1. The monoisotopic (exact) mass is 305 g/mol. The van der Waals surface area contributed by atoms with Crippen molar-refractivity contribution in [1.82, 2.24) is 15.2 Å². The van der Waals surface area contributed by atoms with Crippen molar-refractivity contribution in [3.8, 4) is 0 Å². The summed E-state index contributed by atoms with van der Waals surface area (Å²) in [4.78, 5) is 29.7. The van der Waals surface area contributed by atoms with E-state index in [1.54, 1.807) is 24.4 Å². The summed E-state index contributed by atoms with van der Waals surface area (Å²) in [5.74, 6) is 0.291. The van der Waals surface area contributed by atoms with Gasteiger partial charge >= 0.3 is 0 Å². The molecule has 0 aromatic carbocycles. The zero-order chi connectivity index (χ0) is 15.1. The molecule has 2 rings (SSSR count). The van der Waals surface area contributed by atoms with Crippen LogP contribution in [-0.2, 0) is 4.79 Å². The smallest absolute Gasteiger partial charge is 0.255 e. The summed E-state index contributed by atoms with van der Waals surface area (Å²) >= 11 is 1.35. The number of pyridine rings is 1. The molecule has 0 saturated carbocycles. The van der Waals surface area contributed by atoms with Gasteiger partial charge in [0, 0.05) is 25.8 Å². The molecule has 5 nitrogen and oxygen atoms in total. The fourth-order valence-corrected chi connectivity index (χ4v) is 2.74. The molecule has 0 aliphatic carbocycles. The Bertz CT molecular complexity index is 510. The van der Waals surface area contributed by atoms with E-state index >= 15 is 0 Å². The minimum absolute atomic E-state index is 0.0419. The van der Waals surface area contributed by atoms with E-state index in [1.807, 2.05) is 4.90 Å². The Kier molecular flexibility index (Phi) is 5.80. The van der Waals surface area contributed by atoms with Crippen molar-refractivity contribution in [2.45, 2.75) is 17.9 Å². The molecule has 2 amide bonds. The number of hydrogen-bond donors (Lipinski definition) is 1. The van der Waals surface area contributed by atoms with Gasteiger partial charge in [-0.15, -0.1) is 6.58 Å². The van der Waals surface area contributed by atoms with Gasteiger partial charge in [-0.05, 0) is 25.0 Å². The summed E-state index contributed by atoms with van der Waals surface area (Å²) in [5.41, 5.74) is 0.609. The molecule has 1 saturated heterocycles. The molecule has 1 aromatic rings. The van der Waals surface area contributed by atoms with Gasteiger partial charge in [0.05, 0.1) is 16.3 Å². The standard InChI is InChI=1S/C15H19N3O2S/c1-2-7-16-13(19)11-21-14-6-5-12(10-17-14)15(20)18-8-3-4-9-18/h2,5-6,10H,1,3-4,7-9,11H2,(H,16,19). The lowest BCUT2D eigenvalue weighted by Crippen LogP contribution is -2.27. The summed E-state index contributed by atoms with van der Waals surface area (Å²) in [7, 11) is 0. The quantitative estimate of drug-likeness (QED) is 0.642. The highest BCUT2D eigenvalue weighted by Crippen LogP contribution is 2.17. The largest absolute Gasteiger partial charge is 0.352 e. The first-order valence-electron chi connectivity index (χ1n) is 6.96. The first-order valence-corrected chi connectivity index (χ1v) is 7.95. The topological polar surface area (TPSA) is 62.3 Å². The normalized spacial score (nSPS) is 14.0. The lowest BCUT2D eigenvalue weighted by Gasteiger charge is -2.14. The molecule has 1 fully saturated rings. The molecule has 112 valence electrons. The summed E-state index contributed by atoms with van der Waals surface area (Å²) in [6.45, 7) is 5.67. The Balaban J connectivity index is 1.85. The van der Waals surface area contributed by atoms with Crippen LogP contribution in [0.5, 0.6) is 0 Å². The molecule has 1 aliphatic heterocycles. The molecule has 2 heterocycles. The van der Waals surface area contributed by atoms with Crippen LogP contribution in [0, 0.1) is 0 Å². The van der Waals surface area contributed by atoms with E-state index in [0.29, 0.717) is 17.9 Å². The van der Waals surface area contributed by atoms with Crippen molar-refractivity contribution in [3.63, 3.8) is 0 Å². The van der Waals surface area contributed by atoms with Gasteiger partial charge in [-0.2, -0.15) is 0 Å². The van der Waals surface area contributed by atoms with Crippen LogP contribution in [0.2, 0.25) is 0 Å². The maximum Gasteiger partial charge on any atom is 0.255 e. The third-order valence-corrected chi connectivity index (χ3v) is 4.12. The number of carbonyl (C=O) groups excluding carboxylic acids is 2. The van der Waals surface area contributed by atoms with Crippen molar-refractivity contribution >= 4 is 23.6 Å². The van der Waals surface area contributed by atoms with E-state index in [0.717, 1.165) is 31.0 Å². The van der Waals surface area contributed by atoms with Crippen molar-refractivity contribution in [2.24, 2.45) is 0 Å². The lowest BCUT2D eigenvalue weighted by molar-refractivity contribution is -0.118. The number of carbonyl (C=O) groups is 2. The molecule has 0 spiro atoms. The van der Waals surface area contributed by atoms with Crippen molar-refractivity contribution in [3.05, 3.63) is 36.5 Å². The highest BCUT2D eigenvalue weighted by Gasteiger charge is 2.19. The molecule has 1 aromatic heterocycles. The van der Waals surface area contributed by atoms with Crippen LogP contribution < -0.4 is 5.32 Å². The third-order valence-electron chi connectivity index (χ3n) is 3.17. The SMILES string of the molecule is C=CCNC(=O)CSc1ccc(C(=O)N2CCCC2)cn1. The number of hydrogen-bond acceptors (Lipinski definition) is 4. The summed E-state index contributed by atoms with van der Waals surface area (Å²) in [6, 6.07) is 3.56. The third kappa shape index (κ3) is 4.60. The van der Waals surface area contributed by atoms with Crippen LogP contribution >= 0.6 is 11.8 Å². The molecule has 0 bridgehead atoms. The zero-order valence-electron chi connectivity index (χ0n) is 11.9. The average molecular weight is 305 g/mol. The second-order valence-electron chi connectivity index (χ2n) is 4.77. The number of nitrogens with zero attached hydrogens (tertiary/aromatic N) is 2. The van der Waals surface area contributed by atoms with Gasteiger partial charge < -0.3 is 10.2 Å². The van der Waals surface area contributed by atoms with E-state index in [-0.39, 0.29) is 11.8 Å². The molecule has 0 atom stereocenters. The Morgan fingerprint density at radius 2 is 2.14 bits per heavy atom. The molecule has 6 heteroatoms. The second-order valence-corrected chi connectivity index (χ2v) is 5.76. The Hall–Kier alpha value is -1.82. The minimum Gasteiger partial charge on any atom is -0.352 e. The highest BCUT2D eigenvalue weighted by molar-refractivity contribution is 7.99. The van der Waals surface area contributed by atoms with Crippen LogP contribution in [0.4, 0.5) is 0 Å². The minimum atomic E-state index is -0.0566. The van der Waals surface area contributed by atoms with Crippen LogP contribution in [0.25, 0.3) is 0 Å². The number of nitrogens with one attached hydrogen (secondary N) is 1. The van der Waals surface area contributed by atoms with Crippen LogP contribution in [0.15, 0.2) is 36.0 Å². The molecular formula is C15H19N3O2S. The molecule has 0 radical (unpaired) electrons. The fraction of sp³-hybridized carbons (Fsp3) is 0.400. The molecule has 1 N–H and O–H groups in total. The number of aromatic nitrogens is 1. The first kappa shape index (κ1) is 15.6. The van der Waals surface area contributed by atoms with Crippen molar-refractivity contribution < 1.29 is 9.59 Å². The average Bonchev–Trinajstić information content (AvgIpc) is 3.05. The number of likely N-dealkylation sites (tertiary alicyclic amines) is 1. The van der Waals surface area contributed by atoms with E-state index in [4.69, 9.17) is 0 Å². The second kappa shape index (κ2) is 7.83. The van der Waals surface area contributed by atoms with Gasteiger partial charge in [-0.25, -0.2) is 4.98 Å². The van der Waals surface area contributed by atoms with Gasteiger partial charge in [0.15, 0.2) is 0 Å². The Morgan fingerprint density at radius 3 is 2.76 bits per heavy atom. The molecule has 0 unspecified atom stereocenters. The number of rotatable bonds is 6. The van der Waals surface area contributed by atoms with Crippen LogP contribution in [-0.4, -0.2) is 47.1 Å². The van der Waals surface area contributed by atoms with Crippen molar-refractivity contribution in [1.29, 1.82) is 0 Å². The van der Waals surface area contributed by atoms with Crippen molar-refractivity contribution in [2.75, 3.05) is 25.4 Å². The van der Waals surface area contributed by atoms with Gasteiger partial charge in [0.25, 0.3) is 5.91 Å². The Morgan fingerprint density at radius 1 is 1.38 bits per heavy atom. The van der Waals surface area contributed by atoms with Gasteiger partial charge in [0.2, 0.25) is 5.91 Å². The highest BCUT2D eigenvalue weighted by atomic mass is 32.2. The summed E-state index contributed by atoms with van der Waals surface area (Å²) < 4.78 is 0. The predicted octanol–water partition coefficient (Wildman–Crippen LogP) is 1.71. The molecule has 21 heavy (non-hydrogen) atoms. The maximum atomic E-state index is 12.1. The zero-order valence-corrected chi connectivity index (χ0v) is 12.7. The molecular weight excluding hydrogens is 286 g/mol. The van der Waals surface area contributed by atoms with Gasteiger partial charge in [0.1, 0.15) is 0 Å². The Labute approximate surface area is 128 Å².